The standard InChI is InChI=1S/C22H28ClN3O/c1-16-8-9-17(2)21(14-16)24-22(27)15-25-10-12-26(13-11-25)18(3)19-6-4-5-7-20(19)23/h4-9,14,18H,10-13,15H2,1-3H3,(H,24,27). The van der Waals surface area contributed by atoms with Gasteiger partial charge in [0.1, 0.15) is 0 Å². The molecule has 1 heterocycles. The minimum atomic E-state index is 0.0521. The first-order valence-corrected chi connectivity index (χ1v) is 9.90. The lowest BCUT2D eigenvalue weighted by Crippen LogP contribution is -2.49. The number of hydrogen-bond donors (Lipinski definition) is 1. The molecule has 1 aliphatic rings. The first-order valence-electron chi connectivity index (χ1n) is 9.52. The van der Waals surface area contributed by atoms with E-state index in [0.29, 0.717) is 6.54 Å². The van der Waals surface area contributed by atoms with Crippen LogP contribution in [0, 0.1) is 13.8 Å². The van der Waals surface area contributed by atoms with Crippen LogP contribution in [0.25, 0.3) is 0 Å². The summed E-state index contributed by atoms with van der Waals surface area (Å²) in [6.07, 6.45) is 0. The molecule has 0 aromatic heterocycles. The van der Waals surface area contributed by atoms with Crippen molar-refractivity contribution in [2.24, 2.45) is 0 Å². The number of anilines is 1. The Morgan fingerprint density at radius 3 is 2.52 bits per heavy atom. The van der Waals surface area contributed by atoms with Gasteiger partial charge in [-0.05, 0) is 49.6 Å². The fraction of sp³-hybridized carbons (Fsp3) is 0.409. The third-order valence-corrected chi connectivity index (χ3v) is 5.69. The Morgan fingerprint density at radius 2 is 1.81 bits per heavy atom. The topological polar surface area (TPSA) is 35.6 Å². The van der Waals surface area contributed by atoms with Crippen LogP contribution in [0.2, 0.25) is 5.02 Å². The van der Waals surface area contributed by atoms with E-state index in [1.807, 2.05) is 44.2 Å². The SMILES string of the molecule is Cc1ccc(C)c(NC(=O)CN2CCN(C(C)c3ccccc3Cl)CC2)c1. The molecule has 1 unspecified atom stereocenters. The normalized spacial score (nSPS) is 16.9. The molecule has 1 fully saturated rings. The van der Waals surface area contributed by atoms with Crippen LogP contribution in [-0.4, -0.2) is 48.4 Å². The van der Waals surface area contributed by atoms with Gasteiger partial charge in [-0.1, -0.05) is 41.9 Å². The number of carbonyl (C=O) groups is 1. The summed E-state index contributed by atoms with van der Waals surface area (Å²) in [7, 11) is 0. The van der Waals surface area contributed by atoms with Gasteiger partial charge >= 0.3 is 0 Å². The lowest BCUT2D eigenvalue weighted by Gasteiger charge is -2.38. The van der Waals surface area contributed by atoms with Crippen molar-refractivity contribution in [2.75, 3.05) is 38.0 Å². The molecule has 1 aliphatic heterocycles. The van der Waals surface area contributed by atoms with Crippen LogP contribution in [0.1, 0.15) is 29.7 Å². The zero-order valence-electron chi connectivity index (χ0n) is 16.3. The van der Waals surface area contributed by atoms with Crippen molar-refractivity contribution in [3.63, 3.8) is 0 Å². The molecule has 3 rings (SSSR count). The molecule has 2 aromatic rings. The van der Waals surface area contributed by atoms with Gasteiger partial charge in [-0.25, -0.2) is 0 Å². The zero-order chi connectivity index (χ0) is 19.4. The molecule has 1 N–H and O–H groups in total. The number of hydrogen-bond acceptors (Lipinski definition) is 3. The maximum absolute atomic E-state index is 12.4. The van der Waals surface area contributed by atoms with Gasteiger partial charge in [0.2, 0.25) is 5.91 Å². The van der Waals surface area contributed by atoms with Crippen LogP contribution in [0.15, 0.2) is 42.5 Å². The van der Waals surface area contributed by atoms with Crippen molar-refractivity contribution in [3.05, 3.63) is 64.2 Å². The number of carbonyl (C=O) groups excluding carboxylic acids is 1. The molecule has 1 amide bonds. The van der Waals surface area contributed by atoms with E-state index in [0.717, 1.165) is 48.0 Å². The van der Waals surface area contributed by atoms with E-state index in [1.165, 1.54) is 5.56 Å². The summed E-state index contributed by atoms with van der Waals surface area (Å²) in [4.78, 5) is 17.1. The first-order chi connectivity index (χ1) is 12.9. The zero-order valence-corrected chi connectivity index (χ0v) is 17.1. The van der Waals surface area contributed by atoms with Crippen LogP contribution < -0.4 is 5.32 Å². The monoisotopic (exact) mass is 385 g/mol. The highest BCUT2D eigenvalue weighted by Gasteiger charge is 2.24. The Bertz CT molecular complexity index is 800. The second-order valence-electron chi connectivity index (χ2n) is 7.38. The molecule has 0 aliphatic carbocycles. The van der Waals surface area contributed by atoms with Gasteiger partial charge in [0.15, 0.2) is 0 Å². The summed E-state index contributed by atoms with van der Waals surface area (Å²) >= 11 is 6.35. The fourth-order valence-corrected chi connectivity index (χ4v) is 3.88. The smallest absolute Gasteiger partial charge is 0.238 e. The molecular weight excluding hydrogens is 358 g/mol. The van der Waals surface area contributed by atoms with E-state index in [-0.39, 0.29) is 11.9 Å². The molecule has 5 heteroatoms. The van der Waals surface area contributed by atoms with E-state index < -0.39 is 0 Å². The second kappa shape index (κ2) is 8.87. The van der Waals surface area contributed by atoms with Gasteiger partial charge in [0.05, 0.1) is 6.54 Å². The van der Waals surface area contributed by atoms with Crippen molar-refractivity contribution in [2.45, 2.75) is 26.8 Å². The average molecular weight is 386 g/mol. The predicted octanol–water partition coefficient (Wildman–Crippen LogP) is 4.27. The molecule has 27 heavy (non-hydrogen) atoms. The van der Waals surface area contributed by atoms with Gasteiger partial charge in [0, 0.05) is 42.9 Å². The number of nitrogens with zero attached hydrogens (tertiary/aromatic N) is 2. The molecule has 1 saturated heterocycles. The maximum atomic E-state index is 12.4. The van der Waals surface area contributed by atoms with E-state index in [4.69, 9.17) is 11.6 Å². The Hall–Kier alpha value is -1.88. The number of nitrogens with one attached hydrogen (secondary N) is 1. The number of piperazine rings is 1. The first kappa shape index (κ1) is 19.9. The number of benzene rings is 2. The van der Waals surface area contributed by atoms with Crippen molar-refractivity contribution < 1.29 is 4.79 Å². The van der Waals surface area contributed by atoms with Gasteiger partial charge in [-0.15, -0.1) is 0 Å². The average Bonchev–Trinajstić information content (AvgIpc) is 2.65. The predicted molar refractivity (Wildman–Crippen MR) is 112 cm³/mol. The molecule has 0 spiro atoms. The quantitative estimate of drug-likeness (QED) is 0.834. The molecule has 0 radical (unpaired) electrons. The number of amides is 1. The Kier molecular flexibility index (Phi) is 6.53. The fourth-order valence-electron chi connectivity index (χ4n) is 3.58. The highest BCUT2D eigenvalue weighted by molar-refractivity contribution is 6.31. The highest BCUT2D eigenvalue weighted by atomic mass is 35.5. The van der Waals surface area contributed by atoms with Crippen molar-refractivity contribution in [1.82, 2.24) is 9.80 Å². The summed E-state index contributed by atoms with van der Waals surface area (Å²) in [5.74, 6) is 0.0521. The number of aryl methyl sites for hydroxylation is 2. The lowest BCUT2D eigenvalue weighted by atomic mass is 10.1. The molecule has 1 atom stereocenters. The molecule has 4 nitrogen and oxygen atoms in total. The van der Waals surface area contributed by atoms with E-state index in [1.54, 1.807) is 0 Å². The highest BCUT2D eigenvalue weighted by Crippen LogP contribution is 2.27. The molecular formula is C22H28ClN3O. The van der Waals surface area contributed by atoms with Gasteiger partial charge in [0.25, 0.3) is 0 Å². The van der Waals surface area contributed by atoms with Crippen LogP contribution in [0.3, 0.4) is 0 Å². The summed E-state index contributed by atoms with van der Waals surface area (Å²) in [6.45, 7) is 10.3. The summed E-state index contributed by atoms with van der Waals surface area (Å²) in [5, 5.41) is 3.87. The number of halogens is 1. The van der Waals surface area contributed by atoms with E-state index >= 15 is 0 Å². The van der Waals surface area contributed by atoms with Crippen LogP contribution >= 0.6 is 11.6 Å². The van der Waals surface area contributed by atoms with E-state index in [9.17, 15) is 4.79 Å². The van der Waals surface area contributed by atoms with Crippen molar-refractivity contribution in [3.8, 4) is 0 Å². The number of rotatable bonds is 5. The molecule has 2 aromatic carbocycles. The Balaban J connectivity index is 1.51. The van der Waals surface area contributed by atoms with Crippen LogP contribution in [-0.2, 0) is 4.79 Å². The molecule has 0 saturated carbocycles. The second-order valence-corrected chi connectivity index (χ2v) is 7.78. The third kappa shape index (κ3) is 5.10. The van der Waals surface area contributed by atoms with Gasteiger partial charge in [-0.2, -0.15) is 0 Å². The van der Waals surface area contributed by atoms with E-state index in [2.05, 4.69) is 34.2 Å². The Labute approximate surface area is 167 Å². The molecule has 144 valence electrons. The van der Waals surface area contributed by atoms with Crippen molar-refractivity contribution >= 4 is 23.2 Å². The largest absolute Gasteiger partial charge is 0.325 e. The van der Waals surface area contributed by atoms with Gasteiger partial charge < -0.3 is 5.32 Å². The Morgan fingerprint density at radius 1 is 1.11 bits per heavy atom. The van der Waals surface area contributed by atoms with Gasteiger partial charge in [-0.3, -0.25) is 14.6 Å². The summed E-state index contributed by atoms with van der Waals surface area (Å²) in [5.41, 5.74) is 4.32. The third-order valence-electron chi connectivity index (χ3n) is 5.34. The minimum absolute atomic E-state index is 0.0521. The summed E-state index contributed by atoms with van der Waals surface area (Å²) in [6, 6.07) is 14.4. The molecule has 0 bridgehead atoms. The van der Waals surface area contributed by atoms with Crippen molar-refractivity contribution in [1.29, 1.82) is 0 Å². The van der Waals surface area contributed by atoms with Crippen LogP contribution in [0.5, 0.6) is 0 Å². The summed E-state index contributed by atoms with van der Waals surface area (Å²) < 4.78 is 0. The van der Waals surface area contributed by atoms with Crippen LogP contribution in [0.4, 0.5) is 5.69 Å². The maximum Gasteiger partial charge on any atom is 0.238 e. The lowest BCUT2D eigenvalue weighted by molar-refractivity contribution is -0.117. The minimum Gasteiger partial charge on any atom is -0.325 e.